The first kappa shape index (κ1) is 20.6. The van der Waals surface area contributed by atoms with E-state index in [0.29, 0.717) is 17.1 Å². The Balaban J connectivity index is 1.41. The van der Waals surface area contributed by atoms with Crippen LogP contribution in [0.15, 0.2) is 24.3 Å². The van der Waals surface area contributed by atoms with Gasteiger partial charge in [0.15, 0.2) is 0 Å². The van der Waals surface area contributed by atoms with Crippen LogP contribution in [-0.2, 0) is 20.9 Å². The lowest BCUT2D eigenvalue weighted by Crippen LogP contribution is -2.39. The Kier molecular flexibility index (Phi) is 7.24. The lowest BCUT2D eigenvalue weighted by Gasteiger charge is -2.26. The first-order valence-electron chi connectivity index (χ1n) is 9.46. The smallest absolute Gasteiger partial charge is 0.325 e. The highest BCUT2D eigenvalue weighted by atomic mass is 35.5. The van der Waals surface area contributed by atoms with Crippen molar-refractivity contribution in [2.24, 2.45) is 0 Å². The lowest BCUT2D eigenvalue weighted by molar-refractivity contribution is -0.131. The van der Waals surface area contributed by atoms with E-state index in [1.165, 1.54) is 0 Å². The van der Waals surface area contributed by atoms with E-state index in [9.17, 15) is 14.4 Å². The molecule has 3 rings (SSSR count). The Hall–Kier alpha value is -2.16. The van der Waals surface area contributed by atoms with Crippen molar-refractivity contribution in [1.29, 1.82) is 0 Å². The molecule has 28 heavy (non-hydrogen) atoms. The number of halogens is 1. The second-order valence-corrected chi connectivity index (χ2v) is 7.29. The molecule has 0 saturated carbocycles. The molecule has 1 unspecified atom stereocenters. The fraction of sp³-hybridized carbons (Fsp3) is 0.526. The van der Waals surface area contributed by atoms with Gasteiger partial charge in [0, 0.05) is 24.7 Å². The van der Waals surface area contributed by atoms with Gasteiger partial charge in [-0.2, -0.15) is 0 Å². The minimum atomic E-state index is -0.839. The summed E-state index contributed by atoms with van der Waals surface area (Å²) in [5.41, 5.74) is 0.681. The Morgan fingerprint density at radius 1 is 1.25 bits per heavy atom. The van der Waals surface area contributed by atoms with Crippen molar-refractivity contribution in [3.05, 3.63) is 34.9 Å². The summed E-state index contributed by atoms with van der Waals surface area (Å²) < 4.78 is 5.30. The summed E-state index contributed by atoms with van der Waals surface area (Å²) in [7, 11) is 0. The van der Waals surface area contributed by atoms with Crippen molar-refractivity contribution in [2.75, 3.05) is 39.4 Å². The van der Waals surface area contributed by atoms with Gasteiger partial charge in [0.25, 0.3) is 5.91 Å². The molecule has 0 radical (unpaired) electrons. The van der Waals surface area contributed by atoms with Gasteiger partial charge in [-0.3, -0.25) is 19.4 Å². The first-order chi connectivity index (χ1) is 13.5. The third-order valence-corrected chi connectivity index (χ3v) is 5.23. The molecule has 1 aromatic rings. The largest absolute Gasteiger partial charge is 0.379 e. The number of hydrogen-bond donors (Lipinski definition) is 2. The fourth-order valence-corrected chi connectivity index (χ4v) is 3.47. The van der Waals surface area contributed by atoms with E-state index in [2.05, 4.69) is 15.5 Å². The molecule has 1 atom stereocenters. The maximum atomic E-state index is 12.5. The zero-order valence-electron chi connectivity index (χ0n) is 15.7. The Bertz CT molecular complexity index is 724. The summed E-state index contributed by atoms with van der Waals surface area (Å²) in [5, 5.41) is 5.89. The van der Waals surface area contributed by atoms with Gasteiger partial charge in [-0.25, -0.2) is 4.79 Å². The molecular weight excluding hydrogens is 384 g/mol. The SMILES string of the molecule is O=C(CC1NC(=O)N(Cc2ccccc2Cl)C1=O)NCCCN1CCOCC1. The Morgan fingerprint density at radius 2 is 2.00 bits per heavy atom. The van der Waals surface area contributed by atoms with Crippen LogP contribution in [0.4, 0.5) is 4.79 Å². The van der Waals surface area contributed by atoms with Crippen LogP contribution in [0.1, 0.15) is 18.4 Å². The van der Waals surface area contributed by atoms with Crippen LogP contribution in [-0.4, -0.2) is 73.1 Å². The van der Waals surface area contributed by atoms with Crippen LogP contribution < -0.4 is 10.6 Å². The van der Waals surface area contributed by atoms with Gasteiger partial charge < -0.3 is 15.4 Å². The first-order valence-corrected chi connectivity index (χ1v) is 9.84. The topological polar surface area (TPSA) is 91.0 Å². The third kappa shape index (κ3) is 5.43. The number of ether oxygens (including phenoxy) is 1. The molecule has 2 aliphatic heterocycles. The van der Waals surface area contributed by atoms with Gasteiger partial charge in [0.2, 0.25) is 5.91 Å². The molecule has 2 heterocycles. The molecule has 9 heteroatoms. The van der Waals surface area contributed by atoms with Gasteiger partial charge >= 0.3 is 6.03 Å². The molecule has 2 saturated heterocycles. The van der Waals surface area contributed by atoms with Crippen molar-refractivity contribution in [1.82, 2.24) is 20.4 Å². The van der Waals surface area contributed by atoms with Crippen molar-refractivity contribution in [3.63, 3.8) is 0 Å². The van der Waals surface area contributed by atoms with Crippen molar-refractivity contribution >= 4 is 29.4 Å². The summed E-state index contributed by atoms with van der Waals surface area (Å²) in [6, 6.07) is 5.70. The second-order valence-electron chi connectivity index (χ2n) is 6.88. The minimum absolute atomic E-state index is 0.0683. The summed E-state index contributed by atoms with van der Waals surface area (Å²) in [4.78, 5) is 40.2. The van der Waals surface area contributed by atoms with E-state index >= 15 is 0 Å². The van der Waals surface area contributed by atoms with Gasteiger partial charge in [-0.1, -0.05) is 29.8 Å². The number of carbonyl (C=O) groups is 3. The summed E-state index contributed by atoms with van der Waals surface area (Å²) >= 11 is 6.10. The average Bonchev–Trinajstić information content (AvgIpc) is 2.95. The third-order valence-electron chi connectivity index (χ3n) is 4.86. The van der Waals surface area contributed by atoms with Crippen LogP contribution in [0.3, 0.4) is 0 Å². The zero-order valence-corrected chi connectivity index (χ0v) is 16.4. The molecule has 8 nitrogen and oxygen atoms in total. The standard InChI is InChI=1S/C19H25ClN4O4/c20-15-5-2-1-4-14(15)13-24-18(26)16(22-19(24)27)12-17(25)21-6-3-7-23-8-10-28-11-9-23/h1-2,4-5,16H,3,6-13H2,(H,21,25)(H,22,27). The number of amides is 4. The summed E-state index contributed by atoms with van der Waals surface area (Å²) in [5.74, 6) is -0.659. The van der Waals surface area contributed by atoms with Crippen LogP contribution in [0.5, 0.6) is 0 Å². The molecule has 0 spiro atoms. The van der Waals surface area contributed by atoms with E-state index < -0.39 is 18.0 Å². The fourth-order valence-electron chi connectivity index (χ4n) is 3.27. The van der Waals surface area contributed by atoms with E-state index in [-0.39, 0.29) is 18.9 Å². The predicted octanol–water partition coefficient (Wildman–Crippen LogP) is 0.989. The zero-order chi connectivity index (χ0) is 19.9. The van der Waals surface area contributed by atoms with E-state index in [4.69, 9.17) is 16.3 Å². The Morgan fingerprint density at radius 3 is 2.75 bits per heavy atom. The summed E-state index contributed by atoms with van der Waals surface area (Å²) in [6.07, 6.45) is 0.760. The maximum absolute atomic E-state index is 12.5. The molecule has 2 fully saturated rings. The van der Waals surface area contributed by atoms with Crippen molar-refractivity contribution < 1.29 is 19.1 Å². The van der Waals surface area contributed by atoms with Gasteiger partial charge in [0.05, 0.1) is 26.2 Å². The van der Waals surface area contributed by atoms with Crippen LogP contribution in [0, 0.1) is 0 Å². The average molecular weight is 409 g/mol. The number of benzene rings is 1. The highest BCUT2D eigenvalue weighted by molar-refractivity contribution is 6.31. The quantitative estimate of drug-likeness (QED) is 0.494. The molecule has 0 aliphatic carbocycles. The van der Waals surface area contributed by atoms with Gasteiger partial charge in [0.1, 0.15) is 6.04 Å². The lowest BCUT2D eigenvalue weighted by atomic mass is 10.1. The number of nitrogens with zero attached hydrogens (tertiary/aromatic N) is 2. The number of urea groups is 1. The molecule has 2 N–H and O–H groups in total. The highest BCUT2D eigenvalue weighted by Gasteiger charge is 2.39. The highest BCUT2D eigenvalue weighted by Crippen LogP contribution is 2.20. The molecule has 4 amide bonds. The molecule has 0 bridgehead atoms. The molecule has 1 aromatic carbocycles. The Labute approximate surface area is 169 Å². The monoisotopic (exact) mass is 408 g/mol. The molecular formula is C19H25ClN4O4. The number of nitrogens with one attached hydrogen (secondary N) is 2. The van der Waals surface area contributed by atoms with Gasteiger partial charge in [-0.15, -0.1) is 0 Å². The van der Waals surface area contributed by atoms with Crippen molar-refractivity contribution in [3.8, 4) is 0 Å². The van der Waals surface area contributed by atoms with Crippen LogP contribution in [0.2, 0.25) is 5.02 Å². The van der Waals surface area contributed by atoms with Gasteiger partial charge in [-0.05, 0) is 24.6 Å². The van der Waals surface area contributed by atoms with E-state index in [0.717, 1.165) is 44.2 Å². The molecule has 0 aromatic heterocycles. The number of hydrogen-bond acceptors (Lipinski definition) is 5. The maximum Gasteiger partial charge on any atom is 0.325 e. The van der Waals surface area contributed by atoms with Crippen LogP contribution >= 0.6 is 11.6 Å². The second kappa shape index (κ2) is 9.86. The summed E-state index contributed by atoms with van der Waals surface area (Å²) in [6.45, 7) is 4.85. The number of rotatable bonds is 8. The number of imide groups is 1. The molecule has 152 valence electrons. The number of morpholine rings is 1. The molecule has 2 aliphatic rings. The normalized spacial score (nSPS) is 20.3. The van der Waals surface area contributed by atoms with Crippen molar-refractivity contribution in [2.45, 2.75) is 25.4 Å². The number of carbonyl (C=O) groups excluding carboxylic acids is 3. The van der Waals surface area contributed by atoms with E-state index in [1.807, 2.05) is 0 Å². The van der Waals surface area contributed by atoms with Crippen LogP contribution in [0.25, 0.3) is 0 Å². The van der Waals surface area contributed by atoms with E-state index in [1.54, 1.807) is 24.3 Å². The minimum Gasteiger partial charge on any atom is -0.379 e. The predicted molar refractivity (Wildman–Crippen MR) is 104 cm³/mol.